The average molecular weight is 531 g/mol. The molecule has 1 aliphatic carbocycles. The molecular formula is C27H26N6O2S2. The van der Waals surface area contributed by atoms with Crippen LogP contribution in [0.15, 0.2) is 89.0 Å². The number of carbonyl (C=O) groups is 1. The molecule has 2 aromatic carbocycles. The SMILES string of the molecule is O=C(CSc1nc(Nc2ccccc2)nc(N2CCOCC2)n1)N1c2ccccc2S[C@@H]2C=CC=C[C@@H]21. The van der Waals surface area contributed by atoms with Crippen molar-refractivity contribution in [3.05, 3.63) is 78.9 Å². The van der Waals surface area contributed by atoms with Crippen LogP contribution in [0.2, 0.25) is 0 Å². The number of rotatable bonds is 6. The Morgan fingerprint density at radius 1 is 1.00 bits per heavy atom. The summed E-state index contributed by atoms with van der Waals surface area (Å²) in [5, 5.41) is 3.98. The van der Waals surface area contributed by atoms with E-state index in [4.69, 9.17) is 9.72 Å². The third kappa shape index (κ3) is 5.36. The number of benzene rings is 2. The van der Waals surface area contributed by atoms with Gasteiger partial charge in [0.25, 0.3) is 0 Å². The molecule has 2 aliphatic heterocycles. The zero-order valence-electron chi connectivity index (χ0n) is 20.1. The highest BCUT2D eigenvalue weighted by molar-refractivity contribution is 8.00. The molecule has 8 nitrogen and oxygen atoms in total. The smallest absolute Gasteiger partial charge is 0.238 e. The molecule has 1 saturated heterocycles. The van der Waals surface area contributed by atoms with Crippen LogP contribution in [0.4, 0.5) is 23.3 Å². The first kappa shape index (κ1) is 24.0. The largest absolute Gasteiger partial charge is 0.378 e. The number of amides is 1. The van der Waals surface area contributed by atoms with Gasteiger partial charge in [-0.1, -0.05) is 66.4 Å². The Morgan fingerprint density at radius 2 is 1.78 bits per heavy atom. The second kappa shape index (κ2) is 11.0. The van der Waals surface area contributed by atoms with Crippen molar-refractivity contribution in [3.63, 3.8) is 0 Å². The highest BCUT2D eigenvalue weighted by atomic mass is 32.2. The maximum Gasteiger partial charge on any atom is 0.238 e. The molecule has 0 radical (unpaired) electrons. The summed E-state index contributed by atoms with van der Waals surface area (Å²) in [5.41, 5.74) is 1.84. The Kier molecular flexibility index (Phi) is 7.11. The lowest BCUT2D eigenvalue weighted by atomic mass is 10.0. The summed E-state index contributed by atoms with van der Waals surface area (Å²) in [4.78, 5) is 32.8. The van der Waals surface area contributed by atoms with Gasteiger partial charge < -0.3 is 19.9 Å². The van der Waals surface area contributed by atoms with Crippen LogP contribution in [0.1, 0.15) is 0 Å². The summed E-state index contributed by atoms with van der Waals surface area (Å²) in [7, 11) is 0. The van der Waals surface area contributed by atoms with Crippen LogP contribution in [-0.2, 0) is 9.53 Å². The molecule has 6 rings (SSSR count). The van der Waals surface area contributed by atoms with Gasteiger partial charge >= 0.3 is 0 Å². The van der Waals surface area contributed by atoms with Crippen molar-refractivity contribution in [2.45, 2.75) is 21.3 Å². The van der Waals surface area contributed by atoms with Gasteiger partial charge in [0.1, 0.15) is 0 Å². The summed E-state index contributed by atoms with van der Waals surface area (Å²) in [6.45, 7) is 2.68. The van der Waals surface area contributed by atoms with E-state index < -0.39 is 0 Å². The molecule has 10 heteroatoms. The Bertz CT molecular complexity index is 1330. The van der Waals surface area contributed by atoms with Gasteiger partial charge in [-0.05, 0) is 24.3 Å². The second-order valence-corrected chi connectivity index (χ2v) is 10.9. The number of carbonyl (C=O) groups excluding carboxylic acids is 1. The van der Waals surface area contributed by atoms with E-state index >= 15 is 0 Å². The lowest BCUT2D eigenvalue weighted by Crippen LogP contribution is -2.48. The lowest BCUT2D eigenvalue weighted by Gasteiger charge is -2.40. The highest BCUT2D eigenvalue weighted by Crippen LogP contribution is 2.43. The quantitative estimate of drug-likeness (QED) is 0.462. The first-order valence-corrected chi connectivity index (χ1v) is 14.1. The molecule has 1 aromatic heterocycles. The van der Waals surface area contributed by atoms with Gasteiger partial charge in [0.15, 0.2) is 5.16 Å². The number of hydrogen-bond donors (Lipinski definition) is 1. The number of aromatic nitrogens is 3. The first-order valence-electron chi connectivity index (χ1n) is 12.2. The van der Waals surface area contributed by atoms with Gasteiger partial charge in [0, 0.05) is 23.7 Å². The zero-order chi connectivity index (χ0) is 25.0. The summed E-state index contributed by atoms with van der Waals surface area (Å²) < 4.78 is 5.50. The molecule has 188 valence electrons. The van der Waals surface area contributed by atoms with E-state index in [0.29, 0.717) is 43.4 Å². The number of anilines is 4. The molecule has 0 unspecified atom stereocenters. The summed E-state index contributed by atoms with van der Waals surface area (Å²) >= 11 is 3.14. The zero-order valence-corrected chi connectivity index (χ0v) is 21.7. The van der Waals surface area contributed by atoms with E-state index in [1.807, 2.05) is 59.5 Å². The van der Waals surface area contributed by atoms with E-state index in [-0.39, 0.29) is 23.0 Å². The van der Waals surface area contributed by atoms with E-state index in [2.05, 4.69) is 44.5 Å². The minimum atomic E-state index is -0.0180. The predicted octanol–water partition coefficient (Wildman–Crippen LogP) is 4.55. The van der Waals surface area contributed by atoms with Crippen LogP contribution >= 0.6 is 23.5 Å². The maximum atomic E-state index is 13.7. The topological polar surface area (TPSA) is 83.5 Å². The van der Waals surface area contributed by atoms with Gasteiger partial charge in [-0.2, -0.15) is 15.0 Å². The average Bonchev–Trinajstić information content (AvgIpc) is 2.95. The van der Waals surface area contributed by atoms with Gasteiger partial charge in [-0.25, -0.2) is 0 Å². The van der Waals surface area contributed by atoms with Crippen molar-refractivity contribution in [1.29, 1.82) is 0 Å². The number of fused-ring (bicyclic) bond motifs is 2. The highest BCUT2D eigenvalue weighted by Gasteiger charge is 2.36. The van der Waals surface area contributed by atoms with Gasteiger partial charge in [0.2, 0.25) is 17.8 Å². The molecule has 3 aromatic rings. The third-order valence-electron chi connectivity index (χ3n) is 6.26. The minimum absolute atomic E-state index is 0.0180. The molecule has 0 spiro atoms. The van der Waals surface area contributed by atoms with Crippen molar-refractivity contribution >= 4 is 52.7 Å². The van der Waals surface area contributed by atoms with Crippen LogP contribution in [0, 0.1) is 0 Å². The molecule has 3 aliphatic rings. The number of thioether (sulfide) groups is 2. The monoisotopic (exact) mass is 530 g/mol. The van der Waals surface area contributed by atoms with E-state index in [1.54, 1.807) is 11.8 Å². The number of nitrogens with one attached hydrogen (secondary N) is 1. The number of morpholine rings is 1. The maximum absolute atomic E-state index is 13.7. The number of para-hydroxylation sites is 2. The number of hydrogen-bond acceptors (Lipinski definition) is 9. The lowest BCUT2D eigenvalue weighted by molar-refractivity contribution is -0.116. The predicted molar refractivity (Wildman–Crippen MR) is 149 cm³/mol. The fourth-order valence-electron chi connectivity index (χ4n) is 4.50. The van der Waals surface area contributed by atoms with Crippen LogP contribution in [-0.4, -0.2) is 64.2 Å². The van der Waals surface area contributed by atoms with Gasteiger partial charge in [0.05, 0.1) is 35.9 Å². The normalized spacial score (nSPS) is 20.3. The van der Waals surface area contributed by atoms with E-state index in [1.165, 1.54) is 11.8 Å². The number of ether oxygens (including phenoxy) is 1. The van der Waals surface area contributed by atoms with Gasteiger partial charge in [-0.3, -0.25) is 4.79 Å². The standard InChI is InChI=1S/C27H26N6O2S2/c34-24(33-20-10-4-6-12-22(20)37-23-13-7-5-11-21(23)33)18-36-27-30-25(28-19-8-2-1-3-9-19)29-26(31-27)32-14-16-35-17-15-32/h1-13,20,22H,14-18H2,(H,28,29,30,31)/t20-,22+/m0/s1. The second-order valence-electron chi connectivity index (χ2n) is 8.70. The Morgan fingerprint density at radius 3 is 2.65 bits per heavy atom. The van der Waals surface area contributed by atoms with Crippen molar-refractivity contribution in [3.8, 4) is 0 Å². The fraction of sp³-hybridized carbons (Fsp3) is 0.259. The van der Waals surface area contributed by atoms with Gasteiger partial charge in [-0.15, -0.1) is 11.8 Å². The molecule has 0 bridgehead atoms. The molecule has 3 heterocycles. The Labute approximate surface area is 224 Å². The van der Waals surface area contributed by atoms with E-state index in [9.17, 15) is 4.79 Å². The molecule has 0 saturated carbocycles. The number of allylic oxidation sites excluding steroid dienone is 2. The molecule has 1 N–H and O–H groups in total. The Balaban J connectivity index is 1.25. The third-order valence-corrected chi connectivity index (χ3v) is 8.40. The summed E-state index contributed by atoms with van der Waals surface area (Å²) in [6.07, 6.45) is 8.35. The van der Waals surface area contributed by atoms with Crippen molar-refractivity contribution in [1.82, 2.24) is 15.0 Å². The molecule has 2 atom stereocenters. The molecule has 37 heavy (non-hydrogen) atoms. The van der Waals surface area contributed by atoms with Crippen LogP contribution < -0.4 is 15.1 Å². The summed E-state index contributed by atoms with van der Waals surface area (Å²) in [5.74, 6) is 1.29. The Hall–Kier alpha value is -3.34. The van der Waals surface area contributed by atoms with Crippen LogP contribution in [0.5, 0.6) is 0 Å². The van der Waals surface area contributed by atoms with Crippen molar-refractivity contribution < 1.29 is 9.53 Å². The van der Waals surface area contributed by atoms with Crippen molar-refractivity contribution in [2.24, 2.45) is 0 Å². The minimum Gasteiger partial charge on any atom is -0.378 e. The summed E-state index contributed by atoms with van der Waals surface area (Å²) in [6, 6.07) is 17.9. The van der Waals surface area contributed by atoms with Crippen LogP contribution in [0.25, 0.3) is 0 Å². The fourth-order valence-corrected chi connectivity index (χ4v) is 6.45. The molecule has 1 fully saturated rings. The first-order chi connectivity index (χ1) is 18.2. The van der Waals surface area contributed by atoms with Crippen molar-refractivity contribution in [2.75, 3.05) is 47.2 Å². The molecule has 1 amide bonds. The van der Waals surface area contributed by atoms with Crippen LogP contribution in [0.3, 0.4) is 0 Å². The number of nitrogens with zero attached hydrogens (tertiary/aromatic N) is 5. The molecular weight excluding hydrogens is 504 g/mol. The van der Waals surface area contributed by atoms with E-state index in [0.717, 1.165) is 16.3 Å².